The van der Waals surface area contributed by atoms with Gasteiger partial charge < -0.3 is 15.3 Å². The van der Waals surface area contributed by atoms with Gasteiger partial charge in [-0.2, -0.15) is 0 Å². The first kappa shape index (κ1) is 14.8. The number of nitrogens with one attached hydrogen (secondary N) is 1. The molecule has 2 aromatic carbocycles. The predicted octanol–water partition coefficient (Wildman–Crippen LogP) is 4.38. The predicted molar refractivity (Wildman–Crippen MR) is 86.2 cm³/mol. The Kier molecular flexibility index (Phi) is 4.63. The summed E-state index contributed by atoms with van der Waals surface area (Å²) in [4.78, 5) is 2.03. The summed E-state index contributed by atoms with van der Waals surface area (Å²) in [5.41, 5.74) is 2.73. The maximum absolute atomic E-state index is 9.90. The van der Waals surface area contributed by atoms with E-state index in [-0.39, 0.29) is 10.8 Å². The van der Waals surface area contributed by atoms with Crippen molar-refractivity contribution in [3.63, 3.8) is 0 Å². The second-order valence-corrected chi connectivity index (χ2v) is 5.54. The van der Waals surface area contributed by atoms with Crippen molar-refractivity contribution in [3.05, 3.63) is 52.0 Å². The van der Waals surface area contributed by atoms with Crippen LogP contribution in [0.1, 0.15) is 5.56 Å². The molecule has 20 heavy (non-hydrogen) atoms. The summed E-state index contributed by atoms with van der Waals surface area (Å²) < 4.78 is 0. The minimum Gasteiger partial charge on any atom is -0.506 e. The van der Waals surface area contributed by atoms with Crippen LogP contribution < -0.4 is 10.2 Å². The number of phenols is 1. The molecule has 2 N–H and O–H groups in total. The number of halogens is 2. The van der Waals surface area contributed by atoms with Crippen LogP contribution in [0.4, 0.5) is 11.4 Å². The van der Waals surface area contributed by atoms with Crippen molar-refractivity contribution < 1.29 is 5.11 Å². The highest BCUT2D eigenvalue weighted by atomic mass is 35.5. The Labute approximate surface area is 128 Å². The van der Waals surface area contributed by atoms with E-state index in [0.29, 0.717) is 17.1 Å². The van der Waals surface area contributed by atoms with Crippen molar-refractivity contribution in [1.82, 2.24) is 0 Å². The molecule has 106 valence electrons. The van der Waals surface area contributed by atoms with E-state index in [0.717, 1.165) is 11.4 Å². The molecule has 5 heteroatoms. The number of rotatable bonds is 4. The fourth-order valence-electron chi connectivity index (χ4n) is 1.85. The lowest BCUT2D eigenvalue weighted by atomic mass is 10.2. The first-order valence-electron chi connectivity index (χ1n) is 6.15. The second kappa shape index (κ2) is 6.25. The first-order valence-corrected chi connectivity index (χ1v) is 6.91. The molecule has 0 unspecified atom stereocenters. The molecule has 0 heterocycles. The van der Waals surface area contributed by atoms with Crippen LogP contribution >= 0.6 is 23.2 Å². The van der Waals surface area contributed by atoms with E-state index in [4.69, 9.17) is 23.2 Å². The van der Waals surface area contributed by atoms with Crippen molar-refractivity contribution in [3.8, 4) is 5.75 Å². The number of phenolic OH excluding ortho intramolecular Hbond substituents is 1. The van der Waals surface area contributed by atoms with Crippen LogP contribution in [-0.4, -0.2) is 19.2 Å². The van der Waals surface area contributed by atoms with Gasteiger partial charge in [0.1, 0.15) is 5.75 Å². The molecule has 0 fully saturated rings. The Morgan fingerprint density at radius 1 is 1.15 bits per heavy atom. The molecule has 0 saturated heterocycles. The van der Waals surface area contributed by atoms with Gasteiger partial charge >= 0.3 is 0 Å². The maximum Gasteiger partial charge on any atom is 0.139 e. The van der Waals surface area contributed by atoms with Crippen LogP contribution in [0.5, 0.6) is 5.75 Å². The minimum absolute atomic E-state index is 0.0623. The second-order valence-electron chi connectivity index (χ2n) is 4.69. The molecule has 2 rings (SSSR count). The standard InChI is InChI=1S/C15H16Cl2N2O/c1-19(2)13-5-3-4-12(8-13)18-9-10-6-11(16)7-14(17)15(10)20/h3-8,18,20H,9H2,1-2H3. The van der Waals surface area contributed by atoms with Crippen LogP contribution in [0.15, 0.2) is 36.4 Å². The SMILES string of the molecule is CN(C)c1cccc(NCc2cc(Cl)cc(Cl)c2O)c1. The molecule has 3 nitrogen and oxygen atoms in total. The van der Waals surface area contributed by atoms with Gasteiger partial charge in [0.15, 0.2) is 0 Å². The molecule has 0 aliphatic carbocycles. The lowest BCUT2D eigenvalue weighted by Gasteiger charge is -2.15. The van der Waals surface area contributed by atoms with Crippen molar-refractivity contribution in [2.75, 3.05) is 24.3 Å². The van der Waals surface area contributed by atoms with Crippen molar-refractivity contribution >= 4 is 34.6 Å². The topological polar surface area (TPSA) is 35.5 Å². The number of benzene rings is 2. The van der Waals surface area contributed by atoms with Gasteiger partial charge in [0.2, 0.25) is 0 Å². The van der Waals surface area contributed by atoms with Crippen LogP contribution in [0.3, 0.4) is 0 Å². The zero-order chi connectivity index (χ0) is 14.7. The molecule has 0 aromatic heterocycles. The monoisotopic (exact) mass is 310 g/mol. The lowest BCUT2D eigenvalue weighted by molar-refractivity contribution is 0.469. The third kappa shape index (κ3) is 3.50. The van der Waals surface area contributed by atoms with Gasteiger partial charge in [0, 0.05) is 42.6 Å². The molecule has 0 amide bonds. The molecule has 0 bridgehead atoms. The molecule has 0 aliphatic heterocycles. The van der Waals surface area contributed by atoms with E-state index in [1.807, 2.05) is 43.3 Å². The lowest BCUT2D eigenvalue weighted by Crippen LogP contribution is -2.09. The van der Waals surface area contributed by atoms with Gasteiger partial charge in [-0.15, -0.1) is 0 Å². The Bertz CT molecular complexity index is 615. The summed E-state index contributed by atoms with van der Waals surface area (Å²) in [6.45, 7) is 0.447. The fourth-order valence-corrected chi connectivity index (χ4v) is 2.38. The summed E-state index contributed by atoms with van der Waals surface area (Å²) >= 11 is 11.8. The average Bonchev–Trinajstić information content (AvgIpc) is 2.41. The summed E-state index contributed by atoms with van der Waals surface area (Å²) in [6, 6.07) is 11.2. The molecule has 0 saturated carbocycles. The van der Waals surface area contributed by atoms with Crippen LogP contribution in [0.2, 0.25) is 10.0 Å². The number of hydrogen-bond acceptors (Lipinski definition) is 3. The summed E-state index contributed by atoms with van der Waals surface area (Å²) in [6.07, 6.45) is 0. The van der Waals surface area contributed by atoms with Gasteiger partial charge in [-0.1, -0.05) is 29.3 Å². The van der Waals surface area contributed by atoms with Gasteiger partial charge in [0.25, 0.3) is 0 Å². The molecular weight excluding hydrogens is 295 g/mol. The van der Waals surface area contributed by atoms with Crippen molar-refractivity contribution in [2.24, 2.45) is 0 Å². The average molecular weight is 311 g/mol. The summed E-state index contributed by atoms with van der Waals surface area (Å²) in [5, 5.41) is 13.9. The highest BCUT2D eigenvalue weighted by molar-refractivity contribution is 6.35. The third-order valence-electron chi connectivity index (χ3n) is 2.95. The van der Waals surface area contributed by atoms with E-state index in [1.54, 1.807) is 6.07 Å². The molecule has 0 aliphatic rings. The Morgan fingerprint density at radius 3 is 2.60 bits per heavy atom. The van der Waals surface area contributed by atoms with Gasteiger partial charge in [0.05, 0.1) is 5.02 Å². The summed E-state index contributed by atoms with van der Waals surface area (Å²) in [7, 11) is 3.98. The van der Waals surface area contributed by atoms with Crippen molar-refractivity contribution in [1.29, 1.82) is 0 Å². The minimum atomic E-state index is 0.0623. The highest BCUT2D eigenvalue weighted by Gasteiger charge is 2.08. The maximum atomic E-state index is 9.90. The summed E-state index contributed by atoms with van der Waals surface area (Å²) in [5.74, 6) is 0.0623. The highest BCUT2D eigenvalue weighted by Crippen LogP contribution is 2.31. The van der Waals surface area contributed by atoms with Gasteiger partial charge in [-0.25, -0.2) is 0 Å². The molecule has 0 atom stereocenters. The fraction of sp³-hybridized carbons (Fsp3) is 0.200. The van der Waals surface area contributed by atoms with E-state index >= 15 is 0 Å². The number of hydrogen-bond donors (Lipinski definition) is 2. The Hall–Kier alpha value is -1.58. The van der Waals surface area contributed by atoms with E-state index < -0.39 is 0 Å². The van der Waals surface area contributed by atoms with Gasteiger partial charge in [-0.3, -0.25) is 0 Å². The zero-order valence-electron chi connectivity index (χ0n) is 11.3. The van der Waals surface area contributed by atoms with E-state index in [2.05, 4.69) is 5.32 Å². The third-order valence-corrected chi connectivity index (χ3v) is 3.46. The molecule has 0 radical (unpaired) electrons. The Morgan fingerprint density at radius 2 is 1.90 bits per heavy atom. The van der Waals surface area contributed by atoms with Crippen molar-refractivity contribution in [2.45, 2.75) is 6.54 Å². The molecule has 0 spiro atoms. The number of nitrogens with zero attached hydrogens (tertiary/aromatic N) is 1. The van der Waals surface area contributed by atoms with E-state index in [9.17, 15) is 5.11 Å². The first-order chi connectivity index (χ1) is 9.47. The number of anilines is 2. The van der Waals surface area contributed by atoms with Gasteiger partial charge in [-0.05, 0) is 30.3 Å². The van der Waals surface area contributed by atoms with Crippen LogP contribution in [0, 0.1) is 0 Å². The Balaban J connectivity index is 2.15. The van der Waals surface area contributed by atoms with Crippen LogP contribution in [0.25, 0.3) is 0 Å². The normalized spacial score (nSPS) is 10.4. The zero-order valence-corrected chi connectivity index (χ0v) is 12.8. The number of aromatic hydroxyl groups is 1. The molecular formula is C15H16Cl2N2O. The van der Waals surface area contributed by atoms with E-state index in [1.165, 1.54) is 6.07 Å². The largest absolute Gasteiger partial charge is 0.506 e. The quantitative estimate of drug-likeness (QED) is 0.880. The smallest absolute Gasteiger partial charge is 0.139 e. The molecule has 2 aromatic rings. The van der Waals surface area contributed by atoms with Crippen LogP contribution in [-0.2, 0) is 6.54 Å².